The summed E-state index contributed by atoms with van der Waals surface area (Å²) < 4.78 is 5.97. The molecule has 4 rings (SSSR count). The Labute approximate surface area is 144 Å². The first-order chi connectivity index (χ1) is 11.7. The Morgan fingerprint density at radius 3 is 2.79 bits per heavy atom. The van der Waals surface area contributed by atoms with Crippen molar-refractivity contribution in [3.8, 4) is 0 Å². The van der Waals surface area contributed by atoms with Gasteiger partial charge in [-0.1, -0.05) is 0 Å². The van der Waals surface area contributed by atoms with E-state index in [9.17, 15) is 4.79 Å². The Morgan fingerprint density at radius 2 is 2.12 bits per heavy atom. The van der Waals surface area contributed by atoms with Crippen molar-refractivity contribution in [1.82, 2.24) is 14.9 Å². The van der Waals surface area contributed by atoms with Crippen LogP contribution in [0.4, 0.5) is 10.5 Å². The molecule has 126 valence electrons. The van der Waals surface area contributed by atoms with Crippen LogP contribution in [0.15, 0.2) is 29.2 Å². The van der Waals surface area contributed by atoms with E-state index in [-0.39, 0.29) is 18.2 Å². The van der Waals surface area contributed by atoms with Crippen LogP contribution in [-0.2, 0) is 4.74 Å². The fourth-order valence-corrected chi connectivity index (χ4v) is 3.62. The highest BCUT2D eigenvalue weighted by molar-refractivity contribution is 7.07. The van der Waals surface area contributed by atoms with Gasteiger partial charge in [-0.05, 0) is 42.2 Å². The number of carbonyl (C=O) groups is 1. The van der Waals surface area contributed by atoms with E-state index >= 15 is 0 Å². The van der Waals surface area contributed by atoms with Crippen LogP contribution in [0.25, 0.3) is 0 Å². The second kappa shape index (κ2) is 6.49. The molecule has 2 aromatic heterocycles. The number of ether oxygens (including phenoxy) is 1. The number of amides is 2. The molecule has 3 heterocycles. The van der Waals surface area contributed by atoms with Crippen molar-refractivity contribution in [1.29, 1.82) is 0 Å². The average molecular weight is 344 g/mol. The van der Waals surface area contributed by atoms with Crippen LogP contribution < -0.4 is 5.32 Å². The summed E-state index contributed by atoms with van der Waals surface area (Å²) in [6.07, 6.45) is 5.66. The van der Waals surface area contributed by atoms with Gasteiger partial charge >= 0.3 is 6.03 Å². The van der Waals surface area contributed by atoms with E-state index in [4.69, 9.17) is 4.74 Å². The first-order valence-electron chi connectivity index (χ1n) is 8.24. The highest BCUT2D eigenvalue weighted by atomic mass is 32.1. The maximum Gasteiger partial charge on any atom is 0.322 e. The molecule has 2 aromatic rings. The van der Waals surface area contributed by atoms with E-state index in [1.165, 1.54) is 12.8 Å². The molecule has 1 aliphatic heterocycles. The first-order valence-corrected chi connectivity index (χ1v) is 9.19. The Kier molecular flexibility index (Phi) is 4.20. The maximum atomic E-state index is 12.6. The van der Waals surface area contributed by atoms with E-state index < -0.39 is 0 Å². The predicted octanol–water partition coefficient (Wildman–Crippen LogP) is 3.41. The van der Waals surface area contributed by atoms with Gasteiger partial charge in [0.25, 0.3) is 0 Å². The van der Waals surface area contributed by atoms with E-state index in [2.05, 4.69) is 20.7 Å². The zero-order chi connectivity index (χ0) is 16.5. The Bertz CT molecular complexity index is 700. The highest BCUT2D eigenvalue weighted by Gasteiger charge is 2.30. The molecule has 2 atom stereocenters. The van der Waals surface area contributed by atoms with Crippen LogP contribution in [0.2, 0.25) is 0 Å². The van der Waals surface area contributed by atoms with Crippen molar-refractivity contribution in [2.75, 3.05) is 18.4 Å². The summed E-state index contributed by atoms with van der Waals surface area (Å²) in [5.74, 6) is 1.40. The Balaban J connectivity index is 1.41. The number of morpholine rings is 1. The number of rotatable bonds is 3. The van der Waals surface area contributed by atoms with E-state index in [0.29, 0.717) is 24.7 Å². The third kappa shape index (κ3) is 3.42. The number of hydrogen-bond donors (Lipinski definition) is 1. The summed E-state index contributed by atoms with van der Waals surface area (Å²) in [5, 5.41) is 7.00. The first kappa shape index (κ1) is 15.5. The van der Waals surface area contributed by atoms with Gasteiger partial charge in [0.1, 0.15) is 11.9 Å². The van der Waals surface area contributed by atoms with Crippen LogP contribution in [0, 0.1) is 0 Å². The van der Waals surface area contributed by atoms with Gasteiger partial charge in [0, 0.05) is 12.5 Å². The number of anilines is 1. The van der Waals surface area contributed by atoms with Crippen molar-refractivity contribution in [3.63, 3.8) is 0 Å². The molecule has 1 aliphatic carbocycles. The molecule has 7 heteroatoms. The van der Waals surface area contributed by atoms with Crippen molar-refractivity contribution >= 4 is 23.1 Å². The third-order valence-electron chi connectivity index (χ3n) is 4.33. The van der Waals surface area contributed by atoms with Gasteiger partial charge in [-0.25, -0.2) is 14.8 Å². The summed E-state index contributed by atoms with van der Waals surface area (Å²) in [6.45, 7) is 3.12. The highest BCUT2D eigenvalue weighted by Crippen LogP contribution is 2.37. The molecule has 0 spiro atoms. The fourth-order valence-electron chi connectivity index (χ4n) is 2.92. The number of nitrogens with one attached hydrogen (secondary N) is 1. The van der Waals surface area contributed by atoms with Crippen molar-refractivity contribution in [2.24, 2.45) is 0 Å². The Hall–Kier alpha value is -1.99. The number of thiophene rings is 1. The SMILES string of the molecule is C[C@@H]1CN(C(=O)Nc2cnc(C3CC3)nc2)C[C@@H](c2ccsc2)O1. The van der Waals surface area contributed by atoms with Gasteiger partial charge in [-0.2, -0.15) is 11.3 Å². The summed E-state index contributed by atoms with van der Waals surface area (Å²) >= 11 is 1.64. The minimum atomic E-state index is -0.131. The third-order valence-corrected chi connectivity index (χ3v) is 5.03. The minimum absolute atomic E-state index is 0.00268. The minimum Gasteiger partial charge on any atom is -0.367 e. The number of nitrogens with zero attached hydrogens (tertiary/aromatic N) is 3. The molecular weight excluding hydrogens is 324 g/mol. The lowest BCUT2D eigenvalue weighted by Crippen LogP contribution is -2.47. The second-order valence-electron chi connectivity index (χ2n) is 6.43. The molecule has 2 aliphatic rings. The molecule has 2 amide bonds. The monoisotopic (exact) mass is 344 g/mol. The molecule has 0 bridgehead atoms. The van der Waals surface area contributed by atoms with Crippen LogP contribution >= 0.6 is 11.3 Å². The van der Waals surface area contributed by atoms with Crippen molar-refractivity contribution in [3.05, 3.63) is 40.6 Å². The summed E-state index contributed by atoms with van der Waals surface area (Å²) in [4.78, 5) is 23.0. The largest absolute Gasteiger partial charge is 0.367 e. The number of carbonyl (C=O) groups excluding carboxylic acids is 1. The quantitative estimate of drug-likeness (QED) is 0.926. The van der Waals surface area contributed by atoms with Crippen molar-refractivity contribution in [2.45, 2.75) is 37.9 Å². The van der Waals surface area contributed by atoms with Gasteiger partial charge in [0.2, 0.25) is 0 Å². The van der Waals surface area contributed by atoms with Gasteiger partial charge < -0.3 is 15.0 Å². The van der Waals surface area contributed by atoms with Gasteiger partial charge in [0.05, 0.1) is 30.7 Å². The smallest absolute Gasteiger partial charge is 0.322 e. The van der Waals surface area contributed by atoms with Crippen LogP contribution in [0.5, 0.6) is 0 Å². The normalized spacial score (nSPS) is 24.0. The zero-order valence-corrected chi connectivity index (χ0v) is 14.3. The van der Waals surface area contributed by atoms with E-state index in [1.54, 1.807) is 28.6 Å². The summed E-state index contributed by atoms with van der Waals surface area (Å²) in [5.41, 5.74) is 1.76. The van der Waals surface area contributed by atoms with E-state index in [0.717, 1.165) is 11.4 Å². The molecule has 1 saturated heterocycles. The van der Waals surface area contributed by atoms with Crippen LogP contribution in [0.3, 0.4) is 0 Å². The lowest BCUT2D eigenvalue weighted by molar-refractivity contribution is -0.0640. The molecule has 2 fully saturated rings. The summed E-state index contributed by atoms with van der Waals surface area (Å²) in [6, 6.07) is 1.92. The summed E-state index contributed by atoms with van der Waals surface area (Å²) in [7, 11) is 0. The average Bonchev–Trinajstić information content (AvgIpc) is 3.29. The van der Waals surface area contributed by atoms with Gasteiger partial charge in [0.15, 0.2) is 0 Å². The maximum absolute atomic E-state index is 12.6. The number of hydrogen-bond acceptors (Lipinski definition) is 5. The molecule has 0 aromatic carbocycles. The number of aromatic nitrogens is 2. The molecule has 1 saturated carbocycles. The number of urea groups is 1. The predicted molar refractivity (Wildman–Crippen MR) is 92.2 cm³/mol. The second-order valence-corrected chi connectivity index (χ2v) is 7.21. The molecular formula is C17H20N4O2S. The van der Waals surface area contributed by atoms with Crippen LogP contribution in [0.1, 0.15) is 43.2 Å². The Morgan fingerprint density at radius 1 is 1.33 bits per heavy atom. The molecule has 0 unspecified atom stereocenters. The molecule has 6 nitrogen and oxygen atoms in total. The fraction of sp³-hybridized carbons (Fsp3) is 0.471. The molecule has 1 N–H and O–H groups in total. The molecule has 24 heavy (non-hydrogen) atoms. The molecule has 0 radical (unpaired) electrons. The van der Waals surface area contributed by atoms with Gasteiger partial charge in [-0.3, -0.25) is 0 Å². The lowest BCUT2D eigenvalue weighted by atomic mass is 10.1. The lowest BCUT2D eigenvalue weighted by Gasteiger charge is -2.36. The standard InChI is InChI=1S/C17H20N4O2S/c1-11-8-21(9-15(23-11)13-4-5-24-10-13)17(22)20-14-6-18-16(19-7-14)12-2-3-12/h4-7,10-12,15H,2-3,8-9H2,1H3,(H,20,22)/t11-,15+/m1/s1. The van der Waals surface area contributed by atoms with E-state index in [1.807, 2.05) is 18.4 Å². The van der Waals surface area contributed by atoms with Crippen LogP contribution in [-0.4, -0.2) is 40.1 Å². The van der Waals surface area contributed by atoms with Gasteiger partial charge in [-0.15, -0.1) is 0 Å². The topological polar surface area (TPSA) is 67.4 Å². The zero-order valence-electron chi connectivity index (χ0n) is 13.5. The van der Waals surface area contributed by atoms with Crippen molar-refractivity contribution < 1.29 is 9.53 Å².